The van der Waals surface area contributed by atoms with Crippen molar-refractivity contribution in [2.75, 3.05) is 0 Å². The van der Waals surface area contributed by atoms with Gasteiger partial charge in [0.1, 0.15) is 11.7 Å². The Bertz CT molecular complexity index is 504. The Morgan fingerprint density at radius 2 is 1.83 bits per heavy atom. The minimum absolute atomic E-state index is 0.0195. The largest absolute Gasteiger partial charge is 0.460 e. The van der Waals surface area contributed by atoms with Gasteiger partial charge >= 0.3 is 12.1 Å². The second-order valence-electron chi connectivity index (χ2n) is 7.98. The average molecular weight is 339 g/mol. The maximum Gasteiger partial charge on any atom is 0.417 e. The molecular weight excluding hydrogens is 310 g/mol. The number of cyclic esters (lactones) is 1. The number of imide groups is 1. The molecule has 136 valence electrons. The molecule has 3 atom stereocenters. The van der Waals surface area contributed by atoms with Crippen LogP contribution in [0, 0.1) is 11.8 Å². The zero-order chi connectivity index (χ0) is 18.1. The van der Waals surface area contributed by atoms with Crippen molar-refractivity contribution in [3.05, 3.63) is 0 Å². The Kier molecular flexibility index (Phi) is 5.56. The highest BCUT2D eigenvalue weighted by Crippen LogP contribution is 2.36. The molecule has 1 heterocycles. The number of carbonyl (C=O) groups is 3. The molecule has 0 radical (unpaired) electrons. The van der Waals surface area contributed by atoms with E-state index in [1.807, 2.05) is 0 Å². The second-order valence-corrected chi connectivity index (χ2v) is 7.98. The van der Waals surface area contributed by atoms with Crippen molar-refractivity contribution in [1.29, 1.82) is 0 Å². The zero-order valence-corrected chi connectivity index (χ0v) is 15.3. The fourth-order valence-electron chi connectivity index (χ4n) is 3.54. The molecule has 0 aromatic heterocycles. The van der Waals surface area contributed by atoms with Gasteiger partial charge in [-0.3, -0.25) is 9.59 Å². The Morgan fingerprint density at radius 1 is 1.25 bits per heavy atom. The van der Waals surface area contributed by atoms with E-state index >= 15 is 0 Å². The molecule has 1 aliphatic carbocycles. The van der Waals surface area contributed by atoms with Crippen molar-refractivity contribution < 1.29 is 23.9 Å². The average Bonchev–Trinajstić information content (AvgIpc) is 3.03. The van der Waals surface area contributed by atoms with Crippen LogP contribution in [0.3, 0.4) is 0 Å². The molecule has 0 N–H and O–H groups in total. The number of esters is 1. The van der Waals surface area contributed by atoms with Crippen LogP contribution in [-0.4, -0.2) is 40.6 Å². The summed E-state index contributed by atoms with van der Waals surface area (Å²) >= 11 is 0. The second kappa shape index (κ2) is 7.11. The van der Waals surface area contributed by atoms with Gasteiger partial charge in [-0.2, -0.15) is 0 Å². The lowest BCUT2D eigenvalue weighted by molar-refractivity contribution is -0.159. The first-order valence-electron chi connectivity index (χ1n) is 8.85. The van der Waals surface area contributed by atoms with Crippen LogP contribution in [0.25, 0.3) is 0 Å². The van der Waals surface area contributed by atoms with Crippen LogP contribution in [0.15, 0.2) is 0 Å². The summed E-state index contributed by atoms with van der Waals surface area (Å²) in [5, 5.41) is 0. The van der Waals surface area contributed by atoms with Gasteiger partial charge in [0.2, 0.25) is 5.91 Å². The van der Waals surface area contributed by atoms with Crippen molar-refractivity contribution >= 4 is 18.0 Å². The first kappa shape index (κ1) is 18.7. The highest BCUT2D eigenvalue weighted by Gasteiger charge is 2.45. The molecule has 2 rings (SSSR count). The SMILES string of the molecule is C[C@@H]1OC(=O)N(C(=O)[C@H](CC(=O)OC(C)(C)C)C2CCCC2)[C@@H]1C. The number of hydrogen-bond donors (Lipinski definition) is 0. The van der Waals surface area contributed by atoms with Gasteiger partial charge in [0.15, 0.2) is 0 Å². The van der Waals surface area contributed by atoms with Gasteiger partial charge < -0.3 is 9.47 Å². The molecule has 1 aliphatic heterocycles. The molecule has 0 aromatic rings. The van der Waals surface area contributed by atoms with Gasteiger partial charge in [0, 0.05) is 0 Å². The van der Waals surface area contributed by atoms with Crippen molar-refractivity contribution in [3.8, 4) is 0 Å². The molecule has 2 amide bonds. The quantitative estimate of drug-likeness (QED) is 0.735. The third-order valence-electron chi connectivity index (χ3n) is 4.90. The molecule has 1 saturated heterocycles. The van der Waals surface area contributed by atoms with Crippen molar-refractivity contribution in [2.24, 2.45) is 11.8 Å². The van der Waals surface area contributed by atoms with Gasteiger partial charge in [-0.05, 0) is 53.4 Å². The van der Waals surface area contributed by atoms with E-state index in [-0.39, 0.29) is 36.4 Å². The molecule has 0 spiro atoms. The predicted octanol–water partition coefficient (Wildman–Crippen LogP) is 3.28. The molecule has 6 heteroatoms. The summed E-state index contributed by atoms with van der Waals surface area (Å²) in [6, 6.07) is -0.312. The summed E-state index contributed by atoms with van der Waals surface area (Å²) in [6.45, 7) is 8.98. The monoisotopic (exact) mass is 339 g/mol. The smallest absolute Gasteiger partial charge is 0.417 e. The molecule has 2 fully saturated rings. The van der Waals surface area contributed by atoms with Crippen LogP contribution in [0.5, 0.6) is 0 Å². The molecular formula is C18H29NO5. The summed E-state index contributed by atoms with van der Waals surface area (Å²) in [5.74, 6) is -1.07. The molecule has 0 unspecified atom stereocenters. The Hall–Kier alpha value is -1.59. The van der Waals surface area contributed by atoms with Crippen LogP contribution in [0.2, 0.25) is 0 Å². The minimum atomic E-state index is -0.604. The van der Waals surface area contributed by atoms with Gasteiger partial charge in [-0.25, -0.2) is 9.69 Å². The lowest BCUT2D eigenvalue weighted by Crippen LogP contribution is -2.45. The van der Waals surface area contributed by atoms with Gasteiger partial charge in [0.05, 0.1) is 18.4 Å². The van der Waals surface area contributed by atoms with Gasteiger partial charge in [-0.15, -0.1) is 0 Å². The third-order valence-corrected chi connectivity index (χ3v) is 4.90. The van der Waals surface area contributed by atoms with E-state index < -0.39 is 17.6 Å². The van der Waals surface area contributed by atoms with Crippen LogP contribution in [-0.2, 0) is 19.1 Å². The molecule has 0 bridgehead atoms. The van der Waals surface area contributed by atoms with E-state index in [1.165, 1.54) is 4.90 Å². The zero-order valence-electron chi connectivity index (χ0n) is 15.3. The Labute approximate surface area is 143 Å². The van der Waals surface area contributed by atoms with Crippen molar-refractivity contribution in [1.82, 2.24) is 4.90 Å². The van der Waals surface area contributed by atoms with E-state index in [0.717, 1.165) is 25.7 Å². The van der Waals surface area contributed by atoms with Crippen LogP contribution in [0.1, 0.15) is 66.7 Å². The Balaban J connectivity index is 2.15. The maximum atomic E-state index is 13.0. The Morgan fingerprint density at radius 3 is 2.29 bits per heavy atom. The summed E-state index contributed by atoms with van der Waals surface area (Å²) in [5.41, 5.74) is -0.589. The van der Waals surface area contributed by atoms with Crippen molar-refractivity contribution in [3.63, 3.8) is 0 Å². The molecule has 2 aliphatic rings. The minimum Gasteiger partial charge on any atom is -0.460 e. The number of carbonyl (C=O) groups excluding carboxylic acids is 3. The van der Waals surface area contributed by atoms with Gasteiger partial charge in [-0.1, -0.05) is 12.8 Å². The number of nitrogens with zero attached hydrogens (tertiary/aromatic N) is 1. The standard InChI is InChI=1S/C18H29NO5/c1-11-12(2)23-17(22)19(11)16(21)14(13-8-6-7-9-13)10-15(20)24-18(3,4)5/h11-14H,6-10H2,1-5H3/t11-,12+,14-/m1/s1. The lowest BCUT2D eigenvalue weighted by atomic mass is 9.86. The molecule has 1 saturated carbocycles. The number of ether oxygens (including phenoxy) is 2. The maximum absolute atomic E-state index is 13.0. The molecule has 24 heavy (non-hydrogen) atoms. The molecule has 6 nitrogen and oxygen atoms in total. The van der Waals surface area contributed by atoms with Crippen LogP contribution in [0.4, 0.5) is 4.79 Å². The number of rotatable bonds is 4. The van der Waals surface area contributed by atoms with Gasteiger partial charge in [0.25, 0.3) is 0 Å². The summed E-state index contributed by atoms with van der Waals surface area (Å²) < 4.78 is 10.5. The first-order chi connectivity index (χ1) is 11.1. The van der Waals surface area contributed by atoms with Crippen molar-refractivity contribution in [2.45, 2.75) is 84.5 Å². The summed E-state index contributed by atoms with van der Waals surface area (Å²) in [7, 11) is 0. The molecule has 0 aromatic carbocycles. The van der Waals surface area contributed by atoms with Crippen LogP contribution < -0.4 is 0 Å². The van der Waals surface area contributed by atoms with E-state index in [0.29, 0.717) is 0 Å². The highest BCUT2D eigenvalue weighted by atomic mass is 16.6. The normalized spacial score (nSPS) is 26.4. The van der Waals surface area contributed by atoms with E-state index in [4.69, 9.17) is 9.47 Å². The summed E-state index contributed by atoms with van der Waals surface area (Å²) in [6.07, 6.45) is 3.02. The van der Waals surface area contributed by atoms with E-state index in [1.54, 1.807) is 34.6 Å². The fourth-order valence-corrected chi connectivity index (χ4v) is 3.54. The fraction of sp³-hybridized carbons (Fsp3) is 0.833. The highest BCUT2D eigenvalue weighted by molar-refractivity contribution is 5.96. The first-order valence-corrected chi connectivity index (χ1v) is 8.85. The summed E-state index contributed by atoms with van der Waals surface area (Å²) in [4.78, 5) is 38.5. The number of hydrogen-bond acceptors (Lipinski definition) is 5. The predicted molar refractivity (Wildman–Crippen MR) is 88.2 cm³/mol. The van der Waals surface area contributed by atoms with Crippen LogP contribution >= 0.6 is 0 Å². The third kappa shape index (κ3) is 4.28. The van der Waals surface area contributed by atoms with E-state index in [2.05, 4.69) is 0 Å². The number of amides is 2. The topological polar surface area (TPSA) is 72.9 Å². The lowest BCUT2D eigenvalue weighted by Gasteiger charge is -2.28. The van der Waals surface area contributed by atoms with E-state index in [9.17, 15) is 14.4 Å².